The van der Waals surface area contributed by atoms with E-state index in [4.69, 9.17) is 16.3 Å². The molecule has 0 fully saturated rings. The normalized spacial score (nSPS) is 10.8. The van der Waals surface area contributed by atoms with Gasteiger partial charge in [0, 0.05) is 0 Å². The van der Waals surface area contributed by atoms with Crippen LogP contribution in [0.1, 0.15) is 0 Å². The summed E-state index contributed by atoms with van der Waals surface area (Å²) in [6.07, 6.45) is 0. The van der Waals surface area contributed by atoms with Crippen molar-refractivity contribution in [3.8, 4) is 5.75 Å². The van der Waals surface area contributed by atoms with E-state index in [0.717, 1.165) is 11.1 Å². The summed E-state index contributed by atoms with van der Waals surface area (Å²) in [5, 5.41) is 1.08. The molecule has 0 radical (unpaired) electrons. The van der Waals surface area contributed by atoms with Crippen molar-refractivity contribution in [3.63, 3.8) is 0 Å². The second kappa shape index (κ2) is 5.01. The molecular weight excluding hydrogens is 223 g/mol. The third-order valence-electron chi connectivity index (χ3n) is 1.90. The Kier molecular flexibility index (Phi) is 3.44. The van der Waals surface area contributed by atoms with Gasteiger partial charge in [0.2, 0.25) is 17.1 Å². The van der Waals surface area contributed by atoms with Gasteiger partial charge in [0.05, 0.1) is 0 Å². The predicted molar refractivity (Wildman–Crippen MR) is 67.4 cm³/mol. The first kappa shape index (κ1) is 10.3. The highest BCUT2D eigenvalue weighted by atomic mass is 32.4. The van der Waals surface area contributed by atoms with Crippen molar-refractivity contribution in [2.45, 2.75) is 0 Å². The van der Waals surface area contributed by atoms with Crippen molar-refractivity contribution in [2.75, 3.05) is 0 Å². The van der Waals surface area contributed by atoms with Gasteiger partial charge in [-0.2, -0.15) is 0 Å². The molecule has 2 rings (SSSR count). The molecule has 15 heavy (non-hydrogen) atoms. The monoisotopic (exact) mass is 233 g/mol. The zero-order chi connectivity index (χ0) is 10.5. The van der Waals surface area contributed by atoms with Crippen LogP contribution in [0.4, 0.5) is 0 Å². The van der Waals surface area contributed by atoms with Crippen LogP contribution in [0.15, 0.2) is 60.7 Å². The van der Waals surface area contributed by atoms with Gasteiger partial charge >= 0.3 is 6.92 Å². The van der Waals surface area contributed by atoms with Crippen LogP contribution in [0.3, 0.4) is 0 Å². The second-order valence-corrected chi connectivity index (χ2v) is 5.21. The van der Waals surface area contributed by atoms with Gasteiger partial charge in [-0.15, -0.1) is 0 Å². The quantitative estimate of drug-likeness (QED) is 0.752. The minimum absolute atomic E-state index is 0.836. The van der Waals surface area contributed by atoms with Gasteiger partial charge in [-0.1, -0.05) is 36.4 Å². The Morgan fingerprint density at radius 3 is 1.93 bits per heavy atom. The van der Waals surface area contributed by atoms with E-state index in [1.54, 1.807) is 0 Å². The fraction of sp³-hybridized carbons (Fsp3) is 0. The molecule has 2 aromatic rings. The van der Waals surface area contributed by atoms with Crippen LogP contribution in [0.5, 0.6) is 5.75 Å². The molecule has 0 saturated carbocycles. The number of rotatable bonds is 3. The topological polar surface area (TPSA) is 9.23 Å². The summed E-state index contributed by atoms with van der Waals surface area (Å²) in [5.41, 5.74) is 0. The van der Waals surface area contributed by atoms with Crippen LogP contribution in [-0.2, 0) is 11.8 Å². The van der Waals surface area contributed by atoms with Gasteiger partial charge in [0.1, 0.15) is 0 Å². The fourth-order valence-corrected chi connectivity index (χ4v) is 2.64. The van der Waals surface area contributed by atoms with Crippen molar-refractivity contribution < 1.29 is 4.52 Å². The van der Waals surface area contributed by atoms with Crippen molar-refractivity contribution in [1.82, 2.24) is 0 Å². The van der Waals surface area contributed by atoms with Gasteiger partial charge in [-0.25, -0.2) is 0 Å². The van der Waals surface area contributed by atoms with E-state index in [1.165, 1.54) is 0 Å². The summed E-state index contributed by atoms with van der Waals surface area (Å²) in [7, 11) is 0. The molecule has 0 bridgehead atoms. The molecule has 0 aliphatic rings. The van der Waals surface area contributed by atoms with Gasteiger partial charge in [-0.05, 0) is 24.3 Å². The average molecular weight is 233 g/mol. The lowest BCUT2D eigenvalue weighted by Crippen LogP contribution is -1.97. The first-order valence-corrected chi connectivity index (χ1v) is 6.89. The maximum Gasteiger partial charge on any atom is 0.426 e. The summed E-state index contributed by atoms with van der Waals surface area (Å²) in [6.45, 7) is -0.969. The smallest absolute Gasteiger partial charge is 0.271 e. The van der Waals surface area contributed by atoms with Gasteiger partial charge in [0.25, 0.3) is 0 Å². The van der Waals surface area contributed by atoms with E-state index in [-0.39, 0.29) is 0 Å². The van der Waals surface area contributed by atoms with Gasteiger partial charge < -0.3 is 0 Å². The molecule has 74 valence electrons. The van der Waals surface area contributed by atoms with Crippen molar-refractivity contribution >= 4 is 24.0 Å². The molecule has 1 atom stereocenters. The minimum atomic E-state index is -0.969. The molecule has 0 aliphatic carbocycles. The Morgan fingerprint density at radius 2 is 1.33 bits per heavy atom. The molecule has 0 N–H and O–H groups in total. The van der Waals surface area contributed by atoms with Gasteiger partial charge in [-0.3, -0.25) is 4.52 Å². The van der Waals surface area contributed by atoms with Crippen LogP contribution in [0, 0.1) is 0 Å². The SMILES string of the molecule is S=[P+](Oc1ccccc1)c1ccccc1. The maximum atomic E-state index is 5.68. The zero-order valence-corrected chi connectivity index (χ0v) is 9.75. The highest BCUT2D eigenvalue weighted by Gasteiger charge is 2.16. The Hall–Kier alpha value is -1.24. The van der Waals surface area contributed by atoms with Crippen LogP contribution in [-0.4, -0.2) is 0 Å². The van der Waals surface area contributed by atoms with Crippen LogP contribution in [0.25, 0.3) is 0 Å². The predicted octanol–water partition coefficient (Wildman–Crippen LogP) is 3.25. The highest BCUT2D eigenvalue weighted by molar-refractivity contribution is 8.06. The third kappa shape index (κ3) is 2.85. The Balaban J connectivity index is 2.12. The summed E-state index contributed by atoms with van der Waals surface area (Å²) in [6, 6.07) is 19.6. The molecule has 0 spiro atoms. The van der Waals surface area contributed by atoms with E-state index in [2.05, 4.69) is 0 Å². The molecule has 2 aromatic carbocycles. The Bertz CT molecular complexity index is 442. The van der Waals surface area contributed by atoms with Crippen molar-refractivity contribution in [2.24, 2.45) is 0 Å². The third-order valence-corrected chi connectivity index (χ3v) is 3.85. The molecular formula is C12H10OPS+. The lowest BCUT2D eigenvalue weighted by molar-refractivity contribution is 0.637. The molecule has 0 aromatic heterocycles. The van der Waals surface area contributed by atoms with Crippen molar-refractivity contribution in [1.29, 1.82) is 0 Å². The largest absolute Gasteiger partial charge is 0.426 e. The zero-order valence-electron chi connectivity index (χ0n) is 8.04. The van der Waals surface area contributed by atoms with Crippen LogP contribution >= 0.6 is 6.92 Å². The fourth-order valence-electron chi connectivity index (χ4n) is 1.18. The lowest BCUT2D eigenvalue weighted by Gasteiger charge is -1.94. The van der Waals surface area contributed by atoms with E-state index in [9.17, 15) is 0 Å². The lowest BCUT2D eigenvalue weighted by atomic mass is 10.3. The summed E-state index contributed by atoms with van der Waals surface area (Å²) in [4.78, 5) is 0. The summed E-state index contributed by atoms with van der Waals surface area (Å²) >= 11 is 5.33. The molecule has 3 heteroatoms. The van der Waals surface area contributed by atoms with E-state index in [0.29, 0.717) is 0 Å². The Labute approximate surface area is 95.2 Å². The minimum Gasteiger partial charge on any atom is -0.271 e. The summed E-state index contributed by atoms with van der Waals surface area (Å²) in [5.74, 6) is 0.836. The number of hydrogen-bond acceptors (Lipinski definition) is 2. The first-order valence-electron chi connectivity index (χ1n) is 4.61. The molecule has 1 nitrogen and oxygen atoms in total. The maximum absolute atomic E-state index is 5.68. The molecule has 0 saturated heterocycles. The first-order chi connectivity index (χ1) is 7.36. The van der Waals surface area contributed by atoms with Gasteiger partial charge in [0.15, 0.2) is 5.75 Å². The number of hydrogen-bond donors (Lipinski definition) is 0. The average Bonchev–Trinajstić information content (AvgIpc) is 2.31. The number of para-hydroxylation sites is 1. The van der Waals surface area contributed by atoms with E-state index >= 15 is 0 Å². The molecule has 0 heterocycles. The van der Waals surface area contributed by atoms with Crippen molar-refractivity contribution in [3.05, 3.63) is 60.7 Å². The summed E-state index contributed by atoms with van der Waals surface area (Å²) < 4.78 is 5.68. The van der Waals surface area contributed by atoms with Crippen LogP contribution < -0.4 is 9.83 Å². The second-order valence-electron chi connectivity index (χ2n) is 3.00. The van der Waals surface area contributed by atoms with Crippen LogP contribution in [0.2, 0.25) is 0 Å². The number of benzene rings is 2. The molecule has 0 amide bonds. The highest BCUT2D eigenvalue weighted by Crippen LogP contribution is 2.25. The molecule has 1 unspecified atom stereocenters. The Morgan fingerprint density at radius 1 is 0.800 bits per heavy atom. The van der Waals surface area contributed by atoms with E-state index < -0.39 is 6.92 Å². The molecule has 0 aliphatic heterocycles. The standard InChI is InChI=1S/C12H10OPS/c15-14(12-9-5-2-6-10-12)13-11-7-3-1-4-8-11/h1-10H/q+1. The van der Waals surface area contributed by atoms with E-state index in [1.807, 2.05) is 60.7 Å².